The van der Waals surface area contributed by atoms with Gasteiger partial charge in [-0.05, 0) is 18.4 Å². The van der Waals surface area contributed by atoms with Gasteiger partial charge in [0.1, 0.15) is 11.9 Å². The van der Waals surface area contributed by atoms with Gasteiger partial charge in [0.25, 0.3) is 0 Å². The molecule has 0 saturated carbocycles. The van der Waals surface area contributed by atoms with Crippen LogP contribution in [-0.4, -0.2) is 14.7 Å². The van der Waals surface area contributed by atoms with Gasteiger partial charge < -0.3 is 9.09 Å². The molecule has 20 heavy (non-hydrogen) atoms. The third-order valence-corrected chi connectivity index (χ3v) is 4.04. The third kappa shape index (κ3) is 2.66. The third-order valence-electron chi connectivity index (χ3n) is 3.10. The maximum atomic E-state index is 5.24. The van der Waals surface area contributed by atoms with Crippen LogP contribution < -0.4 is 5.32 Å². The van der Waals surface area contributed by atoms with Crippen molar-refractivity contribution in [2.45, 2.75) is 19.5 Å². The SMILES string of the molecule is Cc1cc(CNC(c2cccs2)c2nccn2C)on1. The van der Waals surface area contributed by atoms with E-state index in [2.05, 4.69) is 33.0 Å². The molecule has 0 aliphatic heterocycles. The van der Waals surface area contributed by atoms with Crippen LogP contribution in [0.3, 0.4) is 0 Å². The maximum absolute atomic E-state index is 5.24. The Labute approximate surface area is 121 Å². The fourth-order valence-corrected chi connectivity index (χ4v) is 2.93. The maximum Gasteiger partial charge on any atom is 0.150 e. The molecule has 0 fully saturated rings. The van der Waals surface area contributed by atoms with Crippen LogP contribution in [0.4, 0.5) is 0 Å². The number of imidazole rings is 1. The van der Waals surface area contributed by atoms with E-state index in [1.54, 1.807) is 11.3 Å². The minimum Gasteiger partial charge on any atom is -0.360 e. The van der Waals surface area contributed by atoms with Gasteiger partial charge in [-0.15, -0.1) is 11.3 Å². The van der Waals surface area contributed by atoms with Gasteiger partial charge in [-0.3, -0.25) is 5.32 Å². The van der Waals surface area contributed by atoms with Crippen molar-refractivity contribution < 1.29 is 4.52 Å². The number of aryl methyl sites for hydroxylation is 2. The minimum absolute atomic E-state index is 0.0559. The molecule has 0 spiro atoms. The van der Waals surface area contributed by atoms with E-state index >= 15 is 0 Å². The normalized spacial score (nSPS) is 12.7. The van der Waals surface area contributed by atoms with E-state index in [1.165, 1.54) is 4.88 Å². The Morgan fingerprint density at radius 2 is 2.40 bits per heavy atom. The van der Waals surface area contributed by atoms with Crippen LogP contribution in [0.5, 0.6) is 0 Å². The van der Waals surface area contributed by atoms with Gasteiger partial charge in [0.2, 0.25) is 0 Å². The van der Waals surface area contributed by atoms with Gasteiger partial charge in [-0.2, -0.15) is 0 Å². The number of aromatic nitrogens is 3. The summed E-state index contributed by atoms with van der Waals surface area (Å²) in [4.78, 5) is 5.68. The molecule has 0 bridgehead atoms. The van der Waals surface area contributed by atoms with Crippen molar-refractivity contribution in [2.75, 3.05) is 0 Å². The summed E-state index contributed by atoms with van der Waals surface area (Å²) in [5, 5.41) is 9.47. The van der Waals surface area contributed by atoms with E-state index in [0.717, 1.165) is 17.3 Å². The second-order valence-electron chi connectivity index (χ2n) is 4.66. The summed E-state index contributed by atoms with van der Waals surface area (Å²) >= 11 is 1.72. The quantitative estimate of drug-likeness (QED) is 0.784. The molecule has 3 heterocycles. The van der Waals surface area contributed by atoms with Gasteiger partial charge in [-0.25, -0.2) is 4.98 Å². The van der Waals surface area contributed by atoms with Gasteiger partial charge in [0.05, 0.1) is 12.2 Å². The molecule has 0 amide bonds. The zero-order chi connectivity index (χ0) is 13.9. The molecule has 0 aromatic carbocycles. The van der Waals surface area contributed by atoms with Crippen LogP contribution >= 0.6 is 11.3 Å². The first kappa shape index (κ1) is 13.1. The first-order chi connectivity index (χ1) is 9.74. The summed E-state index contributed by atoms with van der Waals surface area (Å²) in [5.41, 5.74) is 0.895. The first-order valence-electron chi connectivity index (χ1n) is 6.40. The van der Waals surface area contributed by atoms with Crippen LogP contribution in [-0.2, 0) is 13.6 Å². The number of rotatable bonds is 5. The Morgan fingerprint density at radius 3 is 3.00 bits per heavy atom. The van der Waals surface area contributed by atoms with Crippen molar-refractivity contribution in [2.24, 2.45) is 7.05 Å². The Balaban J connectivity index is 1.81. The fraction of sp³-hybridized carbons (Fsp3) is 0.286. The molecular formula is C14H16N4OS. The molecule has 3 aromatic heterocycles. The number of hydrogen-bond donors (Lipinski definition) is 1. The summed E-state index contributed by atoms with van der Waals surface area (Å²) in [7, 11) is 2.00. The highest BCUT2D eigenvalue weighted by Crippen LogP contribution is 2.25. The van der Waals surface area contributed by atoms with Crippen molar-refractivity contribution in [1.29, 1.82) is 0 Å². The standard InChI is InChI=1S/C14H16N4OS/c1-10-8-11(19-17-10)9-16-13(12-4-3-7-20-12)14-15-5-6-18(14)2/h3-8,13,16H,9H2,1-2H3. The molecule has 3 rings (SSSR count). The smallest absolute Gasteiger partial charge is 0.150 e. The number of nitrogens with one attached hydrogen (secondary N) is 1. The van der Waals surface area contributed by atoms with Crippen LogP contribution in [0.25, 0.3) is 0 Å². The van der Waals surface area contributed by atoms with Crippen molar-refractivity contribution in [3.8, 4) is 0 Å². The number of hydrogen-bond acceptors (Lipinski definition) is 5. The van der Waals surface area contributed by atoms with Gasteiger partial charge >= 0.3 is 0 Å². The highest BCUT2D eigenvalue weighted by molar-refractivity contribution is 7.10. The second-order valence-corrected chi connectivity index (χ2v) is 5.64. The summed E-state index contributed by atoms with van der Waals surface area (Å²) in [6.07, 6.45) is 3.77. The van der Waals surface area contributed by atoms with E-state index < -0.39 is 0 Å². The van der Waals surface area contributed by atoms with E-state index in [9.17, 15) is 0 Å². The van der Waals surface area contributed by atoms with Crippen molar-refractivity contribution in [1.82, 2.24) is 20.0 Å². The van der Waals surface area contributed by atoms with E-state index in [1.807, 2.05) is 37.0 Å². The molecule has 0 radical (unpaired) electrons. The Kier molecular flexibility index (Phi) is 3.66. The lowest BCUT2D eigenvalue weighted by Gasteiger charge is -2.16. The molecule has 3 aromatic rings. The molecule has 1 N–H and O–H groups in total. The number of nitrogens with zero attached hydrogens (tertiary/aromatic N) is 3. The lowest BCUT2D eigenvalue weighted by atomic mass is 10.2. The van der Waals surface area contributed by atoms with Gasteiger partial charge in [-0.1, -0.05) is 11.2 Å². The summed E-state index contributed by atoms with van der Waals surface area (Å²) in [6.45, 7) is 2.54. The first-order valence-corrected chi connectivity index (χ1v) is 7.28. The van der Waals surface area contributed by atoms with E-state index in [4.69, 9.17) is 4.52 Å². The lowest BCUT2D eigenvalue weighted by Crippen LogP contribution is -2.23. The van der Waals surface area contributed by atoms with Gasteiger partial charge in [0, 0.05) is 30.4 Å². The van der Waals surface area contributed by atoms with Crippen LogP contribution in [0.15, 0.2) is 40.5 Å². The fourth-order valence-electron chi connectivity index (χ4n) is 2.13. The molecule has 1 atom stereocenters. The van der Waals surface area contributed by atoms with E-state index in [0.29, 0.717) is 6.54 Å². The highest BCUT2D eigenvalue weighted by atomic mass is 32.1. The Bertz CT molecular complexity index is 671. The van der Waals surface area contributed by atoms with Crippen LogP contribution in [0.1, 0.15) is 28.2 Å². The predicted molar refractivity (Wildman–Crippen MR) is 77.4 cm³/mol. The summed E-state index contributed by atoms with van der Waals surface area (Å²) in [6, 6.07) is 6.16. The monoisotopic (exact) mass is 288 g/mol. The highest BCUT2D eigenvalue weighted by Gasteiger charge is 2.19. The molecule has 5 nitrogen and oxygen atoms in total. The molecular weight excluding hydrogens is 272 g/mol. The molecule has 1 unspecified atom stereocenters. The average Bonchev–Trinajstić information content (AvgIpc) is 3.14. The van der Waals surface area contributed by atoms with Crippen LogP contribution in [0, 0.1) is 6.92 Å². The van der Waals surface area contributed by atoms with E-state index in [-0.39, 0.29) is 6.04 Å². The van der Waals surface area contributed by atoms with Gasteiger partial charge in [0.15, 0.2) is 5.76 Å². The zero-order valence-electron chi connectivity index (χ0n) is 11.4. The van der Waals surface area contributed by atoms with Crippen LogP contribution in [0.2, 0.25) is 0 Å². The van der Waals surface area contributed by atoms with Crippen molar-refractivity contribution in [3.63, 3.8) is 0 Å². The summed E-state index contributed by atoms with van der Waals surface area (Å²) < 4.78 is 7.27. The van der Waals surface area contributed by atoms with Crippen molar-refractivity contribution in [3.05, 3.63) is 58.1 Å². The lowest BCUT2D eigenvalue weighted by molar-refractivity contribution is 0.364. The largest absolute Gasteiger partial charge is 0.360 e. The predicted octanol–water partition coefficient (Wildman–Crippen LogP) is 2.66. The molecule has 0 aliphatic rings. The Hall–Kier alpha value is -1.92. The zero-order valence-corrected chi connectivity index (χ0v) is 12.2. The minimum atomic E-state index is 0.0559. The van der Waals surface area contributed by atoms with Crippen molar-refractivity contribution >= 4 is 11.3 Å². The Morgan fingerprint density at radius 1 is 1.50 bits per heavy atom. The molecule has 0 aliphatic carbocycles. The molecule has 104 valence electrons. The molecule has 6 heteroatoms. The topological polar surface area (TPSA) is 55.9 Å². The molecule has 0 saturated heterocycles. The summed E-state index contributed by atoms with van der Waals surface area (Å²) in [5.74, 6) is 1.82. The number of thiophene rings is 1. The second kappa shape index (κ2) is 5.60. The average molecular weight is 288 g/mol.